The van der Waals surface area contributed by atoms with Gasteiger partial charge in [0, 0.05) is 24.7 Å². The van der Waals surface area contributed by atoms with Gasteiger partial charge in [0.25, 0.3) is 0 Å². The molecule has 0 aromatic heterocycles. The van der Waals surface area contributed by atoms with Crippen LogP contribution in [0.15, 0.2) is 59.5 Å². The number of rotatable bonds is 12. The summed E-state index contributed by atoms with van der Waals surface area (Å²) in [6, 6.07) is 15.5. The molecule has 0 aliphatic heterocycles. The Kier molecular flexibility index (Phi) is 9.78. The van der Waals surface area contributed by atoms with E-state index in [-0.39, 0.29) is 30.0 Å². The molecule has 0 aliphatic rings. The van der Waals surface area contributed by atoms with Crippen molar-refractivity contribution in [2.45, 2.75) is 37.7 Å². The number of benzene rings is 2. The Hall–Kier alpha value is -1.93. The van der Waals surface area contributed by atoms with Crippen LogP contribution in [0.1, 0.15) is 25.8 Å². The maximum absolute atomic E-state index is 13.1. The number of nitrogens with one attached hydrogen (secondary N) is 1. The van der Waals surface area contributed by atoms with Crippen LogP contribution in [-0.4, -0.2) is 51.0 Å². The largest absolute Gasteiger partial charge is 0.379 e. The van der Waals surface area contributed by atoms with Gasteiger partial charge in [-0.1, -0.05) is 41.9 Å². The van der Waals surface area contributed by atoms with Crippen LogP contribution in [0.4, 0.5) is 0 Å². The van der Waals surface area contributed by atoms with Gasteiger partial charge in [-0.2, -0.15) is 4.31 Å². The van der Waals surface area contributed by atoms with Crippen molar-refractivity contribution in [2.75, 3.05) is 26.2 Å². The highest BCUT2D eigenvalue weighted by Gasteiger charge is 2.26. The van der Waals surface area contributed by atoms with Crippen molar-refractivity contribution in [3.05, 3.63) is 65.2 Å². The fourth-order valence-corrected chi connectivity index (χ4v) is 4.30. The smallest absolute Gasteiger partial charge is 0.243 e. The average Bonchev–Trinajstić information content (AvgIpc) is 2.71. The van der Waals surface area contributed by atoms with Crippen LogP contribution in [0, 0.1) is 0 Å². The number of carbonyl (C=O) groups excluding carboxylic acids is 1. The second-order valence-corrected chi connectivity index (χ2v) is 9.53. The maximum atomic E-state index is 13.1. The van der Waals surface area contributed by atoms with Crippen LogP contribution >= 0.6 is 11.6 Å². The lowest BCUT2D eigenvalue weighted by Crippen LogP contribution is -2.42. The van der Waals surface area contributed by atoms with Crippen molar-refractivity contribution in [3.63, 3.8) is 0 Å². The summed E-state index contributed by atoms with van der Waals surface area (Å²) in [7, 11) is -3.84. The lowest BCUT2D eigenvalue weighted by molar-refractivity contribution is -0.121. The Bertz CT molecular complexity index is 887. The molecule has 8 heteroatoms. The van der Waals surface area contributed by atoms with Gasteiger partial charge in [-0.05, 0) is 56.5 Å². The zero-order valence-corrected chi connectivity index (χ0v) is 19.0. The van der Waals surface area contributed by atoms with Crippen molar-refractivity contribution < 1.29 is 17.9 Å². The zero-order chi connectivity index (χ0) is 22.0. The Morgan fingerprint density at radius 3 is 2.40 bits per heavy atom. The van der Waals surface area contributed by atoms with Gasteiger partial charge in [-0.3, -0.25) is 4.79 Å². The fourth-order valence-electron chi connectivity index (χ4n) is 2.77. The van der Waals surface area contributed by atoms with E-state index >= 15 is 0 Å². The molecule has 164 valence electrons. The summed E-state index contributed by atoms with van der Waals surface area (Å²) < 4.78 is 32.9. The lowest BCUT2D eigenvalue weighted by atomic mass is 10.1. The third-order valence-electron chi connectivity index (χ3n) is 4.36. The van der Waals surface area contributed by atoms with E-state index in [9.17, 15) is 13.2 Å². The van der Waals surface area contributed by atoms with E-state index in [1.165, 1.54) is 28.6 Å². The topological polar surface area (TPSA) is 75.7 Å². The van der Waals surface area contributed by atoms with Gasteiger partial charge in [-0.15, -0.1) is 0 Å². The number of nitrogens with zero attached hydrogens (tertiary/aromatic N) is 1. The SMILES string of the molecule is CC(C)OCCCNC(=O)CN(CCc1ccccc1)S(=O)(=O)c1ccc(Cl)cc1. The molecule has 0 spiro atoms. The second kappa shape index (κ2) is 12.1. The van der Waals surface area contributed by atoms with E-state index in [2.05, 4.69) is 5.32 Å². The molecular formula is C22H29ClN2O4S. The van der Waals surface area contributed by atoms with Crippen LogP contribution in [-0.2, 0) is 26.0 Å². The Morgan fingerprint density at radius 1 is 1.10 bits per heavy atom. The number of amides is 1. The number of ether oxygens (including phenoxy) is 1. The first-order valence-corrected chi connectivity index (χ1v) is 11.8. The third kappa shape index (κ3) is 8.07. The first-order valence-electron chi connectivity index (χ1n) is 9.97. The molecule has 1 amide bonds. The van der Waals surface area contributed by atoms with Crippen molar-refractivity contribution in [1.29, 1.82) is 0 Å². The Labute approximate surface area is 184 Å². The number of carbonyl (C=O) groups is 1. The third-order valence-corrected chi connectivity index (χ3v) is 6.47. The minimum absolute atomic E-state index is 0.109. The molecule has 6 nitrogen and oxygen atoms in total. The van der Waals surface area contributed by atoms with Crippen LogP contribution in [0.25, 0.3) is 0 Å². The van der Waals surface area contributed by atoms with Crippen molar-refractivity contribution in [1.82, 2.24) is 9.62 Å². The molecule has 0 saturated heterocycles. The van der Waals surface area contributed by atoms with Gasteiger partial charge in [0.15, 0.2) is 0 Å². The predicted octanol–water partition coefficient (Wildman–Crippen LogP) is 3.50. The minimum Gasteiger partial charge on any atom is -0.379 e. The van der Waals surface area contributed by atoms with E-state index in [1.807, 2.05) is 44.2 Å². The molecule has 1 N–H and O–H groups in total. The summed E-state index contributed by atoms with van der Waals surface area (Å²) in [6.45, 7) is 4.81. The van der Waals surface area contributed by atoms with Crippen molar-refractivity contribution in [2.24, 2.45) is 0 Å². The molecule has 0 heterocycles. The normalized spacial score (nSPS) is 11.8. The van der Waals surface area contributed by atoms with E-state index in [4.69, 9.17) is 16.3 Å². The number of sulfonamides is 1. The molecule has 0 radical (unpaired) electrons. The highest BCUT2D eigenvalue weighted by Crippen LogP contribution is 2.19. The van der Waals surface area contributed by atoms with Gasteiger partial charge in [0.05, 0.1) is 17.5 Å². The molecule has 2 aromatic rings. The number of hydrogen-bond acceptors (Lipinski definition) is 4. The minimum atomic E-state index is -3.84. The van der Waals surface area contributed by atoms with Gasteiger partial charge in [-0.25, -0.2) is 8.42 Å². The zero-order valence-electron chi connectivity index (χ0n) is 17.4. The summed E-state index contributed by atoms with van der Waals surface area (Å²) in [4.78, 5) is 12.5. The van der Waals surface area contributed by atoms with E-state index in [1.54, 1.807) is 0 Å². The standard InChI is InChI=1S/C22H29ClN2O4S/c1-18(2)29-16-6-14-24-22(26)17-25(15-13-19-7-4-3-5-8-19)30(27,28)21-11-9-20(23)10-12-21/h3-5,7-12,18H,6,13-17H2,1-2H3,(H,24,26). The molecule has 2 rings (SSSR count). The van der Waals surface area contributed by atoms with E-state index < -0.39 is 10.0 Å². The number of halogens is 1. The summed E-state index contributed by atoms with van der Waals surface area (Å²) in [5.74, 6) is -0.342. The summed E-state index contributed by atoms with van der Waals surface area (Å²) in [5, 5.41) is 3.22. The lowest BCUT2D eigenvalue weighted by Gasteiger charge is -2.22. The highest BCUT2D eigenvalue weighted by atomic mass is 35.5. The van der Waals surface area contributed by atoms with Crippen LogP contribution in [0.3, 0.4) is 0 Å². The molecule has 0 bridgehead atoms. The van der Waals surface area contributed by atoms with Crippen LogP contribution < -0.4 is 5.32 Å². The first kappa shape index (κ1) is 24.3. The molecule has 30 heavy (non-hydrogen) atoms. The first-order chi connectivity index (χ1) is 14.3. The summed E-state index contributed by atoms with van der Waals surface area (Å²) in [5.41, 5.74) is 1.00. The number of hydrogen-bond donors (Lipinski definition) is 1. The van der Waals surface area contributed by atoms with Crippen LogP contribution in [0.5, 0.6) is 0 Å². The average molecular weight is 453 g/mol. The monoisotopic (exact) mass is 452 g/mol. The van der Waals surface area contributed by atoms with E-state index in [0.717, 1.165) is 5.56 Å². The molecule has 0 unspecified atom stereocenters. The summed E-state index contributed by atoms with van der Waals surface area (Å²) >= 11 is 5.89. The molecule has 0 aliphatic carbocycles. The molecular weight excluding hydrogens is 424 g/mol. The van der Waals surface area contributed by atoms with Gasteiger partial charge >= 0.3 is 0 Å². The van der Waals surface area contributed by atoms with Gasteiger partial charge < -0.3 is 10.1 Å². The highest BCUT2D eigenvalue weighted by molar-refractivity contribution is 7.89. The van der Waals surface area contributed by atoms with E-state index in [0.29, 0.717) is 31.0 Å². The molecule has 0 fully saturated rings. The fraction of sp³-hybridized carbons (Fsp3) is 0.409. The van der Waals surface area contributed by atoms with Crippen molar-refractivity contribution >= 4 is 27.5 Å². The molecule has 2 aromatic carbocycles. The van der Waals surface area contributed by atoms with Crippen molar-refractivity contribution in [3.8, 4) is 0 Å². The van der Waals surface area contributed by atoms with Gasteiger partial charge in [0.2, 0.25) is 15.9 Å². The molecule has 0 atom stereocenters. The second-order valence-electron chi connectivity index (χ2n) is 7.15. The van der Waals surface area contributed by atoms with Gasteiger partial charge in [0.1, 0.15) is 0 Å². The predicted molar refractivity (Wildman–Crippen MR) is 119 cm³/mol. The Morgan fingerprint density at radius 2 is 1.77 bits per heavy atom. The van der Waals surface area contributed by atoms with Crippen LogP contribution in [0.2, 0.25) is 5.02 Å². The molecule has 0 saturated carbocycles. The Balaban J connectivity index is 2.05. The summed E-state index contributed by atoms with van der Waals surface area (Å²) in [6.07, 6.45) is 1.31. The maximum Gasteiger partial charge on any atom is 0.243 e. The quantitative estimate of drug-likeness (QED) is 0.500.